The fraction of sp³-hybridized carbons (Fsp3) is 0.125. The van der Waals surface area contributed by atoms with Gasteiger partial charge < -0.3 is 4.79 Å². The second kappa shape index (κ2) is 3.75. The van der Waals surface area contributed by atoms with Crippen molar-refractivity contribution in [3.05, 3.63) is 29.1 Å². The molecule has 0 atom stereocenters. The van der Waals surface area contributed by atoms with Gasteiger partial charge in [0.25, 0.3) is 0 Å². The smallest absolute Gasteiger partial charge is 0.143 e. The lowest BCUT2D eigenvalue weighted by molar-refractivity contribution is -0.107. The number of nitrogens with one attached hydrogen (secondary N) is 2. The molecule has 0 amide bonds. The molecular weight excluding hydrogens is 173 g/mol. The average molecular weight is 181 g/mol. The maximum atomic E-state index is 13.0. The number of nitrogens with zero attached hydrogens (tertiary/aromatic N) is 1. The summed E-state index contributed by atoms with van der Waals surface area (Å²) >= 11 is 0. The van der Waals surface area contributed by atoms with Crippen LogP contribution in [0.4, 0.5) is 4.39 Å². The number of hydrogen-bond donors (Lipinski definition) is 2. The Kier molecular flexibility index (Phi) is 2.69. The summed E-state index contributed by atoms with van der Waals surface area (Å²) in [5, 5.41) is 14.2. The van der Waals surface area contributed by atoms with Gasteiger partial charge in [-0.2, -0.15) is 0 Å². The van der Waals surface area contributed by atoms with Gasteiger partial charge >= 0.3 is 0 Å². The van der Waals surface area contributed by atoms with Crippen LogP contribution >= 0.6 is 0 Å². The molecule has 4 nitrogen and oxygen atoms in total. The van der Waals surface area contributed by atoms with E-state index in [-0.39, 0.29) is 17.5 Å². The first-order valence-corrected chi connectivity index (χ1v) is 3.58. The summed E-state index contributed by atoms with van der Waals surface area (Å²) in [6, 6.07) is 1.23. The number of halogens is 1. The lowest BCUT2D eigenvalue weighted by Gasteiger charge is -2.02. The van der Waals surface area contributed by atoms with Gasteiger partial charge in [-0.15, -0.1) is 0 Å². The van der Waals surface area contributed by atoms with E-state index in [2.05, 4.69) is 0 Å². The zero-order valence-corrected chi connectivity index (χ0v) is 6.75. The summed E-state index contributed by atoms with van der Waals surface area (Å²) in [6.45, 7) is 0. The minimum atomic E-state index is -0.577. The summed E-state index contributed by atoms with van der Waals surface area (Å²) < 4.78 is 14.1. The SMILES string of the molecule is N=Cn1cc(F)c(CC=O)cc1=N. The first-order chi connectivity index (χ1) is 6.19. The maximum Gasteiger partial charge on any atom is 0.143 e. The quantitative estimate of drug-likeness (QED) is 0.393. The monoisotopic (exact) mass is 181 g/mol. The molecule has 0 saturated carbocycles. The summed E-state index contributed by atoms with van der Waals surface area (Å²) in [6.07, 6.45) is 2.37. The molecule has 0 aliphatic carbocycles. The molecule has 0 unspecified atom stereocenters. The zero-order valence-electron chi connectivity index (χ0n) is 6.75. The van der Waals surface area contributed by atoms with E-state index in [1.807, 2.05) is 0 Å². The third-order valence-electron chi connectivity index (χ3n) is 1.59. The summed E-state index contributed by atoms with van der Waals surface area (Å²) in [5.41, 5.74) is 0.159. The first-order valence-electron chi connectivity index (χ1n) is 3.58. The highest BCUT2D eigenvalue weighted by Gasteiger charge is 2.02. The molecule has 68 valence electrons. The minimum absolute atomic E-state index is 0.0201. The molecule has 1 rings (SSSR count). The standard InChI is InChI=1S/C8H8FN3O/c9-7-4-12(5-10)8(11)3-6(7)1-2-13/h2-5,10-11H,1H2. The van der Waals surface area contributed by atoms with Crippen LogP contribution in [0.1, 0.15) is 5.56 Å². The van der Waals surface area contributed by atoms with Crippen LogP contribution < -0.4 is 5.49 Å². The molecule has 5 heteroatoms. The molecule has 0 saturated heterocycles. The molecule has 0 fully saturated rings. The van der Waals surface area contributed by atoms with Crippen molar-refractivity contribution in [1.29, 1.82) is 10.8 Å². The van der Waals surface area contributed by atoms with Gasteiger partial charge in [-0.3, -0.25) is 15.4 Å². The molecule has 0 aromatic carbocycles. The van der Waals surface area contributed by atoms with E-state index < -0.39 is 5.82 Å². The predicted octanol–water partition coefficient (Wildman–Crippen LogP) is 0.303. The Labute approximate surface area is 73.7 Å². The molecular formula is C8H8FN3O. The van der Waals surface area contributed by atoms with Crippen molar-refractivity contribution in [2.24, 2.45) is 0 Å². The van der Waals surface area contributed by atoms with E-state index in [4.69, 9.17) is 10.8 Å². The van der Waals surface area contributed by atoms with Crippen LogP contribution in [0.2, 0.25) is 0 Å². The predicted molar refractivity (Wildman–Crippen MR) is 44.2 cm³/mol. The van der Waals surface area contributed by atoms with Crippen LogP contribution in [0.3, 0.4) is 0 Å². The van der Waals surface area contributed by atoms with Crippen LogP contribution in [-0.2, 0) is 11.2 Å². The molecule has 0 aliphatic rings. The Morgan fingerprint density at radius 3 is 2.85 bits per heavy atom. The van der Waals surface area contributed by atoms with Gasteiger partial charge in [0.2, 0.25) is 0 Å². The lowest BCUT2D eigenvalue weighted by atomic mass is 10.2. The molecule has 1 aromatic heterocycles. The molecule has 1 heterocycles. The van der Waals surface area contributed by atoms with Crippen LogP contribution in [0, 0.1) is 16.6 Å². The Morgan fingerprint density at radius 2 is 2.31 bits per heavy atom. The molecule has 0 radical (unpaired) electrons. The fourth-order valence-electron chi connectivity index (χ4n) is 0.936. The number of pyridine rings is 1. The average Bonchev–Trinajstić information content (AvgIpc) is 2.11. The Balaban J connectivity index is 3.27. The number of hydrogen-bond acceptors (Lipinski definition) is 3. The Morgan fingerprint density at radius 1 is 1.62 bits per heavy atom. The van der Waals surface area contributed by atoms with Gasteiger partial charge in [0.05, 0.1) is 6.34 Å². The molecule has 2 N–H and O–H groups in total. The first kappa shape index (κ1) is 9.31. The second-order valence-corrected chi connectivity index (χ2v) is 2.44. The van der Waals surface area contributed by atoms with Crippen molar-refractivity contribution in [3.63, 3.8) is 0 Å². The summed E-state index contributed by atoms with van der Waals surface area (Å²) in [4.78, 5) is 10.1. The summed E-state index contributed by atoms with van der Waals surface area (Å²) in [5.74, 6) is -0.577. The lowest BCUT2D eigenvalue weighted by Crippen LogP contribution is -2.20. The largest absolute Gasteiger partial charge is 0.303 e. The number of rotatable bonds is 3. The van der Waals surface area contributed by atoms with Gasteiger partial charge in [-0.05, 0) is 6.07 Å². The van der Waals surface area contributed by atoms with E-state index in [1.54, 1.807) is 0 Å². The number of carbonyl (C=O) groups excluding carboxylic acids is 1. The topological polar surface area (TPSA) is 69.7 Å². The van der Waals surface area contributed by atoms with E-state index in [9.17, 15) is 9.18 Å². The molecule has 0 aliphatic heterocycles. The normalized spacial score (nSPS) is 9.62. The van der Waals surface area contributed by atoms with Crippen LogP contribution in [0.5, 0.6) is 0 Å². The molecule has 13 heavy (non-hydrogen) atoms. The van der Waals surface area contributed by atoms with Crippen molar-refractivity contribution in [1.82, 2.24) is 4.57 Å². The van der Waals surface area contributed by atoms with Gasteiger partial charge in [-0.25, -0.2) is 4.39 Å². The maximum absolute atomic E-state index is 13.0. The Bertz CT molecular complexity index is 397. The van der Waals surface area contributed by atoms with Gasteiger partial charge in [0.1, 0.15) is 17.6 Å². The van der Waals surface area contributed by atoms with Crippen molar-refractivity contribution in [2.75, 3.05) is 0 Å². The van der Waals surface area contributed by atoms with Crippen molar-refractivity contribution in [3.8, 4) is 0 Å². The van der Waals surface area contributed by atoms with E-state index in [1.165, 1.54) is 6.07 Å². The van der Waals surface area contributed by atoms with Crippen LogP contribution in [-0.4, -0.2) is 17.2 Å². The van der Waals surface area contributed by atoms with Crippen LogP contribution in [0.15, 0.2) is 12.3 Å². The second-order valence-electron chi connectivity index (χ2n) is 2.44. The Hall–Kier alpha value is -1.78. The van der Waals surface area contributed by atoms with Gasteiger partial charge in [0.15, 0.2) is 0 Å². The molecule has 0 bridgehead atoms. The highest BCUT2D eigenvalue weighted by Crippen LogP contribution is 2.02. The number of carbonyl (C=O) groups is 1. The molecule has 1 aromatic rings. The van der Waals surface area contributed by atoms with Gasteiger partial charge in [-0.1, -0.05) is 0 Å². The molecule has 0 spiro atoms. The third-order valence-corrected chi connectivity index (χ3v) is 1.59. The fourth-order valence-corrected chi connectivity index (χ4v) is 0.936. The number of aldehydes is 1. The van der Waals surface area contributed by atoms with Gasteiger partial charge in [0, 0.05) is 18.2 Å². The summed E-state index contributed by atoms with van der Waals surface area (Å²) in [7, 11) is 0. The highest BCUT2D eigenvalue weighted by atomic mass is 19.1. The van der Waals surface area contributed by atoms with Crippen molar-refractivity contribution in [2.45, 2.75) is 6.42 Å². The van der Waals surface area contributed by atoms with Crippen molar-refractivity contribution < 1.29 is 9.18 Å². The minimum Gasteiger partial charge on any atom is -0.303 e. The van der Waals surface area contributed by atoms with Crippen molar-refractivity contribution >= 4 is 12.6 Å². The third kappa shape index (κ3) is 1.87. The van der Waals surface area contributed by atoms with Crippen LogP contribution in [0.25, 0.3) is 0 Å². The number of aromatic nitrogens is 1. The van der Waals surface area contributed by atoms with E-state index in [0.29, 0.717) is 6.29 Å². The highest BCUT2D eigenvalue weighted by molar-refractivity contribution is 5.57. The zero-order chi connectivity index (χ0) is 9.84. The van der Waals surface area contributed by atoms with E-state index in [0.717, 1.165) is 17.1 Å². The van der Waals surface area contributed by atoms with E-state index >= 15 is 0 Å².